The molecule has 3 nitrogen and oxygen atoms in total. The van der Waals surface area contributed by atoms with Gasteiger partial charge in [0.1, 0.15) is 11.8 Å². The van der Waals surface area contributed by atoms with E-state index in [4.69, 9.17) is 10.00 Å². The van der Waals surface area contributed by atoms with Gasteiger partial charge in [0.25, 0.3) is 5.76 Å². The molecule has 2 aromatic carbocycles. The number of hydrogen-bond acceptors (Lipinski definition) is 4. The third-order valence-corrected chi connectivity index (χ3v) is 3.51. The van der Waals surface area contributed by atoms with Crippen molar-refractivity contribution in [1.29, 1.82) is 5.26 Å². The van der Waals surface area contributed by atoms with Gasteiger partial charge in [-0.1, -0.05) is 23.9 Å². The summed E-state index contributed by atoms with van der Waals surface area (Å²) in [6.45, 7) is 0. The molecule has 0 saturated carbocycles. The summed E-state index contributed by atoms with van der Waals surface area (Å²) in [6.07, 6.45) is 0. The Kier molecular flexibility index (Phi) is 5.01. The third-order valence-electron chi connectivity index (χ3n) is 2.72. The standard InChI is InChI=1S/C15H12F2N2OS/c1-20-11-7-6-10(9-18)13(8-11)19-12-4-2-3-5-14(12)21-15(16)17/h2-8,15,19H,1H3. The van der Waals surface area contributed by atoms with Crippen LogP contribution in [0.3, 0.4) is 0 Å². The predicted octanol–water partition coefficient (Wildman–Crippen LogP) is 4.63. The van der Waals surface area contributed by atoms with Crippen LogP contribution in [0.2, 0.25) is 0 Å². The molecule has 0 amide bonds. The number of methoxy groups -OCH3 is 1. The topological polar surface area (TPSA) is 45.0 Å². The molecule has 21 heavy (non-hydrogen) atoms. The van der Waals surface area contributed by atoms with Gasteiger partial charge in [-0.15, -0.1) is 0 Å². The van der Waals surface area contributed by atoms with Crippen LogP contribution in [0.5, 0.6) is 5.75 Å². The van der Waals surface area contributed by atoms with Gasteiger partial charge in [-0.05, 0) is 24.3 Å². The average molecular weight is 306 g/mol. The second kappa shape index (κ2) is 6.95. The highest BCUT2D eigenvalue weighted by molar-refractivity contribution is 7.99. The lowest BCUT2D eigenvalue weighted by atomic mass is 10.1. The SMILES string of the molecule is COc1ccc(C#N)c(Nc2ccccc2SC(F)F)c1. The van der Waals surface area contributed by atoms with E-state index in [0.29, 0.717) is 39.3 Å². The summed E-state index contributed by atoms with van der Waals surface area (Å²) in [4.78, 5) is 0.416. The second-order valence-electron chi connectivity index (χ2n) is 4.02. The lowest BCUT2D eigenvalue weighted by Crippen LogP contribution is -1.97. The number of rotatable bonds is 5. The normalized spacial score (nSPS) is 10.2. The molecule has 0 bridgehead atoms. The van der Waals surface area contributed by atoms with Crippen LogP contribution < -0.4 is 10.1 Å². The number of para-hydroxylation sites is 1. The van der Waals surface area contributed by atoms with Crippen molar-refractivity contribution >= 4 is 23.1 Å². The minimum atomic E-state index is -2.51. The molecule has 0 atom stereocenters. The van der Waals surface area contributed by atoms with E-state index in [1.807, 2.05) is 0 Å². The van der Waals surface area contributed by atoms with Crippen LogP contribution in [0.15, 0.2) is 47.4 Å². The Hall–Kier alpha value is -2.26. The molecular weight excluding hydrogens is 294 g/mol. The fraction of sp³-hybridized carbons (Fsp3) is 0.133. The van der Waals surface area contributed by atoms with Crippen molar-refractivity contribution in [1.82, 2.24) is 0 Å². The summed E-state index contributed by atoms with van der Waals surface area (Å²) >= 11 is 0.458. The first-order valence-corrected chi connectivity index (χ1v) is 6.91. The van der Waals surface area contributed by atoms with Crippen LogP contribution in [0.4, 0.5) is 20.2 Å². The van der Waals surface area contributed by atoms with E-state index < -0.39 is 5.76 Å². The lowest BCUT2D eigenvalue weighted by Gasteiger charge is -2.13. The van der Waals surface area contributed by atoms with Gasteiger partial charge in [-0.3, -0.25) is 0 Å². The largest absolute Gasteiger partial charge is 0.497 e. The Morgan fingerprint density at radius 3 is 2.62 bits per heavy atom. The Bertz CT molecular complexity index is 671. The summed E-state index contributed by atoms with van der Waals surface area (Å²) in [5.41, 5.74) is 1.44. The number of nitriles is 1. The number of ether oxygens (including phenoxy) is 1. The molecule has 1 N–H and O–H groups in total. The molecule has 0 unspecified atom stereocenters. The van der Waals surface area contributed by atoms with Gasteiger partial charge < -0.3 is 10.1 Å². The Balaban J connectivity index is 2.36. The summed E-state index contributed by atoms with van der Waals surface area (Å²) in [5, 5.41) is 12.1. The van der Waals surface area contributed by atoms with Crippen molar-refractivity contribution in [3.8, 4) is 11.8 Å². The van der Waals surface area contributed by atoms with Crippen molar-refractivity contribution in [2.75, 3.05) is 12.4 Å². The van der Waals surface area contributed by atoms with Gasteiger partial charge in [-0.2, -0.15) is 14.0 Å². The first-order chi connectivity index (χ1) is 10.1. The zero-order valence-electron chi connectivity index (χ0n) is 11.1. The van der Waals surface area contributed by atoms with E-state index in [9.17, 15) is 8.78 Å². The predicted molar refractivity (Wildman–Crippen MR) is 79.3 cm³/mol. The monoisotopic (exact) mass is 306 g/mol. The summed E-state index contributed by atoms with van der Waals surface area (Å²) in [6, 6.07) is 13.7. The minimum Gasteiger partial charge on any atom is -0.497 e. The van der Waals surface area contributed by atoms with Crippen LogP contribution in [-0.2, 0) is 0 Å². The fourth-order valence-corrected chi connectivity index (χ4v) is 2.36. The Labute approximate surface area is 125 Å². The van der Waals surface area contributed by atoms with E-state index in [1.165, 1.54) is 7.11 Å². The number of hydrogen-bond donors (Lipinski definition) is 1. The van der Waals surface area contributed by atoms with Gasteiger partial charge in [0, 0.05) is 11.0 Å². The number of anilines is 2. The van der Waals surface area contributed by atoms with Crippen LogP contribution in [0.1, 0.15) is 5.56 Å². The summed E-state index contributed by atoms with van der Waals surface area (Å²) < 4.78 is 30.2. The molecule has 0 spiro atoms. The Morgan fingerprint density at radius 2 is 1.95 bits per heavy atom. The van der Waals surface area contributed by atoms with Gasteiger partial charge >= 0.3 is 0 Å². The maximum Gasteiger partial charge on any atom is 0.288 e. The van der Waals surface area contributed by atoms with Crippen LogP contribution in [0, 0.1) is 11.3 Å². The molecule has 0 aliphatic carbocycles. The molecule has 2 aromatic rings. The molecule has 6 heteroatoms. The quantitative estimate of drug-likeness (QED) is 0.818. The number of alkyl halides is 2. The van der Waals surface area contributed by atoms with Gasteiger partial charge in [0.2, 0.25) is 0 Å². The molecule has 0 fully saturated rings. The zero-order valence-corrected chi connectivity index (χ0v) is 12.0. The van der Waals surface area contributed by atoms with E-state index >= 15 is 0 Å². The summed E-state index contributed by atoms with van der Waals surface area (Å²) in [5.74, 6) is -1.93. The first-order valence-electron chi connectivity index (χ1n) is 6.03. The van der Waals surface area contributed by atoms with E-state index in [2.05, 4.69) is 11.4 Å². The molecular formula is C15H12F2N2OS. The van der Waals surface area contributed by atoms with Crippen LogP contribution >= 0.6 is 11.8 Å². The van der Waals surface area contributed by atoms with Crippen molar-refractivity contribution < 1.29 is 13.5 Å². The zero-order chi connectivity index (χ0) is 15.2. The highest BCUT2D eigenvalue weighted by Gasteiger charge is 2.11. The molecule has 108 valence electrons. The van der Waals surface area contributed by atoms with Gasteiger partial charge in [-0.25, -0.2) is 0 Å². The highest BCUT2D eigenvalue weighted by Crippen LogP contribution is 2.34. The van der Waals surface area contributed by atoms with Crippen molar-refractivity contribution in [3.63, 3.8) is 0 Å². The number of benzene rings is 2. The number of halogens is 2. The average Bonchev–Trinajstić information content (AvgIpc) is 2.48. The van der Waals surface area contributed by atoms with Crippen molar-refractivity contribution in [2.24, 2.45) is 0 Å². The molecule has 0 aromatic heterocycles. The second-order valence-corrected chi connectivity index (χ2v) is 5.05. The Morgan fingerprint density at radius 1 is 1.19 bits per heavy atom. The third kappa shape index (κ3) is 3.86. The summed E-state index contributed by atoms with van der Waals surface area (Å²) in [7, 11) is 1.52. The number of nitrogens with zero attached hydrogens (tertiary/aromatic N) is 1. The van der Waals surface area contributed by atoms with Crippen LogP contribution in [0.25, 0.3) is 0 Å². The molecule has 0 saturated heterocycles. The lowest BCUT2D eigenvalue weighted by molar-refractivity contribution is 0.252. The van der Waals surface area contributed by atoms with Crippen molar-refractivity contribution in [2.45, 2.75) is 10.7 Å². The molecule has 2 rings (SSSR count). The van der Waals surface area contributed by atoms with E-state index in [0.717, 1.165) is 0 Å². The first kappa shape index (κ1) is 15.1. The van der Waals surface area contributed by atoms with Crippen molar-refractivity contribution in [3.05, 3.63) is 48.0 Å². The molecule has 0 radical (unpaired) electrons. The maximum absolute atomic E-state index is 12.6. The minimum absolute atomic E-state index is 0.410. The smallest absolute Gasteiger partial charge is 0.288 e. The van der Waals surface area contributed by atoms with Crippen LogP contribution in [-0.4, -0.2) is 12.9 Å². The van der Waals surface area contributed by atoms with E-state index in [1.54, 1.807) is 42.5 Å². The fourth-order valence-electron chi connectivity index (χ4n) is 1.76. The number of thioether (sulfide) groups is 1. The van der Waals surface area contributed by atoms with Gasteiger partial charge in [0.05, 0.1) is 24.0 Å². The number of nitrogens with one attached hydrogen (secondary N) is 1. The highest BCUT2D eigenvalue weighted by atomic mass is 32.2. The molecule has 0 aliphatic heterocycles. The molecule has 0 aliphatic rings. The molecule has 0 heterocycles. The maximum atomic E-state index is 12.6. The van der Waals surface area contributed by atoms with Gasteiger partial charge in [0.15, 0.2) is 0 Å². The van der Waals surface area contributed by atoms with E-state index in [-0.39, 0.29) is 0 Å².